The number of hydrogen-bond acceptors (Lipinski definition) is 3. The molecule has 4 nitrogen and oxygen atoms in total. The molecule has 2 aromatic rings. The number of benzene rings is 1. The maximum Gasteiger partial charge on any atom is 0.275 e. The summed E-state index contributed by atoms with van der Waals surface area (Å²) in [6.07, 6.45) is 0. The number of carbonyl (C=O) groups is 1. The van der Waals surface area contributed by atoms with Crippen LogP contribution in [0.15, 0.2) is 28.7 Å². The zero-order valence-electron chi connectivity index (χ0n) is 11.3. The summed E-state index contributed by atoms with van der Waals surface area (Å²) < 4.78 is 13.9. The highest BCUT2D eigenvalue weighted by Gasteiger charge is 2.15. The highest BCUT2D eigenvalue weighted by atomic mass is 79.9. The van der Waals surface area contributed by atoms with Gasteiger partial charge in [-0.25, -0.2) is 9.37 Å². The largest absolute Gasteiger partial charge is 0.373 e. The quantitative estimate of drug-likeness (QED) is 0.847. The third kappa shape index (κ3) is 3.51. The van der Waals surface area contributed by atoms with E-state index in [1.54, 1.807) is 32.2 Å². The lowest BCUT2D eigenvalue weighted by Crippen LogP contribution is -2.16. The first-order valence-electron chi connectivity index (χ1n) is 6.03. The van der Waals surface area contributed by atoms with Gasteiger partial charge in [-0.2, -0.15) is 0 Å². The lowest BCUT2D eigenvalue weighted by Gasteiger charge is -2.10. The predicted molar refractivity (Wildman–Crippen MR) is 85.6 cm³/mol. The van der Waals surface area contributed by atoms with Crippen molar-refractivity contribution in [2.24, 2.45) is 0 Å². The second kappa shape index (κ2) is 6.41. The van der Waals surface area contributed by atoms with Crippen molar-refractivity contribution in [3.8, 4) is 0 Å². The fraction of sp³-hybridized carbons (Fsp3) is 0.143. The van der Waals surface area contributed by atoms with Crippen LogP contribution >= 0.6 is 27.5 Å². The van der Waals surface area contributed by atoms with Crippen molar-refractivity contribution < 1.29 is 9.18 Å². The zero-order valence-corrected chi connectivity index (χ0v) is 13.6. The number of nitrogens with zero attached hydrogens (tertiary/aromatic N) is 1. The molecule has 0 spiro atoms. The first-order valence-corrected chi connectivity index (χ1v) is 7.20. The van der Waals surface area contributed by atoms with Crippen molar-refractivity contribution in [3.63, 3.8) is 0 Å². The predicted octanol–water partition coefficient (Wildman–Crippen LogP) is 4.24. The minimum Gasteiger partial charge on any atom is -0.373 e. The molecular formula is C14H12BrClFN3O. The van der Waals surface area contributed by atoms with E-state index < -0.39 is 11.7 Å². The summed E-state index contributed by atoms with van der Waals surface area (Å²) in [5, 5.41) is 5.66. The van der Waals surface area contributed by atoms with Gasteiger partial charge in [-0.1, -0.05) is 11.6 Å². The summed E-state index contributed by atoms with van der Waals surface area (Å²) in [7, 11) is 1.69. The molecule has 110 valence electrons. The van der Waals surface area contributed by atoms with Crippen LogP contribution in [0.4, 0.5) is 15.9 Å². The third-order valence-corrected chi connectivity index (χ3v) is 3.75. The van der Waals surface area contributed by atoms with Crippen molar-refractivity contribution in [1.82, 2.24) is 4.98 Å². The smallest absolute Gasteiger partial charge is 0.275 e. The molecule has 1 aromatic carbocycles. The lowest BCUT2D eigenvalue weighted by atomic mass is 10.2. The molecule has 0 bridgehead atoms. The SMILES string of the molecule is CNc1ccc(Cl)c(C(=O)Nc2cc(F)c(Br)cc2C)n1. The Morgan fingerprint density at radius 1 is 1.38 bits per heavy atom. The Balaban J connectivity index is 2.32. The third-order valence-electron chi connectivity index (χ3n) is 2.83. The molecule has 0 radical (unpaired) electrons. The van der Waals surface area contributed by atoms with Gasteiger partial charge in [0.05, 0.1) is 9.50 Å². The number of hydrogen-bond donors (Lipinski definition) is 2. The first kappa shape index (κ1) is 15.7. The second-order valence-electron chi connectivity index (χ2n) is 4.31. The molecule has 1 amide bonds. The van der Waals surface area contributed by atoms with E-state index in [2.05, 4.69) is 31.5 Å². The van der Waals surface area contributed by atoms with Gasteiger partial charge in [0.1, 0.15) is 17.3 Å². The second-order valence-corrected chi connectivity index (χ2v) is 5.57. The van der Waals surface area contributed by atoms with E-state index in [0.717, 1.165) is 5.56 Å². The molecule has 0 atom stereocenters. The summed E-state index contributed by atoms with van der Waals surface area (Å²) in [5.74, 6) is -0.441. The number of aromatic nitrogens is 1. The van der Waals surface area contributed by atoms with Gasteiger partial charge >= 0.3 is 0 Å². The van der Waals surface area contributed by atoms with E-state index >= 15 is 0 Å². The molecule has 1 heterocycles. The first-order chi connectivity index (χ1) is 9.92. The lowest BCUT2D eigenvalue weighted by molar-refractivity contribution is 0.102. The molecular weight excluding hydrogens is 361 g/mol. The Morgan fingerprint density at radius 3 is 2.76 bits per heavy atom. The van der Waals surface area contributed by atoms with Gasteiger partial charge in [-0.3, -0.25) is 4.79 Å². The van der Waals surface area contributed by atoms with Crippen molar-refractivity contribution in [2.45, 2.75) is 6.92 Å². The minimum atomic E-state index is -0.498. The van der Waals surface area contributed by atoms with Gasteiger partial charge in [0.15, 0.2) is 0 Å². The number of amides is 1. The molecule has 0 fully saturated rings. The highest BCUT2D eigenvalue weighted by molar-refractivity contribution is 9.10. The van der Waals surface area contributed by atoms with Crippen LogP contribution in [0, 0.1) is 12.7 Å². The fourth-order valence-corrected chi connectivity index (χ4v) is 2.35. The van der Waals surface area contributed by atoms with Crippen molar-refractivity contribution in [2.75, 3.05) is 17.7 Å². The Bertz CT molecular complexity index is 709. The Labute approximate surface area is 134 Å². The molecule has 0 aliphatic heterocycles. The molecule has 2 rings (SSSR count). The summed E-state index contributed by atoms with van der Waals surface area (Å²) in [4.78, 5) is 16.3. The molecule has 0 aliphatic carbocycles. The van der Waals surface area contributed by atoms with E-state index in [0.29, 0.717) is 16.0 Å². The Morgan fingerprint density at radius 2 is 2.10 bits per heavy atom. The van der Waals surface area contributed by atoms with Gasteiger partial charge in [-0.05, 0) is 52.7 Å². The fourth-order valence-electron chi connectivity index (χ4n) is 1.70. The number of nitrogens with one attached hydrogen (secondary N) is 2. The zero-order chi connectivity index (χ0) is 15.6. The highest BCUT2D eigenvalue weighted by Crippen LogP contribution is 2.25. The van der Waals surface area contributed by atoms with Crippen LogP contribution in [-0.2, 0) is 0 Å². The number of anilines is 2. The van der Waals surface area contributed by atoms with E-state index in [-0.39, 0.29) is 10.7 Å². The molecule has 21 heavy (non-hydrogen) atoms. The number of rotatable bonds is 3. The van der Waals surface area contributed by atoms with Crippen LogP contribution in [0.25, 0.3) is 0 Å². The molecule has 7 heteroatoms. The maximum atomic E-state index is 13.6. The molecule has 0 aliphatic rings. The van der Waals surface area contributed by atoms with Gasteiger partial charge in [0.2, 0.25) is 0 Å². The van der Waals surface area contributed by atoms with Crippen molar-refractivity contribution in [3.05, 3.63) is 50.8 Å². The van der Waals surface area contributed by atoms with E-state index in [1.807, 2.05) is 0 Å². The number of pyridine rings is 1. The van der Waals surface area contributed by atoms with E-state index in [1.165, 1.54) is 6.07 Å². The van der Waals surface area contributed by atoms with E-state index in [4.69, 9.17) is 11.6 Å². The molecule has 0 unspecified atom stereocenters. The molecule has 0 saturated heterocycles. The summed E-state index contributed by atoms with van der Waals surface area (Å²) in [5.41, 5.74) is 1.16. The van der Waals surface area contributed by atoms with Crippen LogP contribution in [0.1, 0.15) is 16.1 Å². The van der Waals surface area contributed by atoms with Crippen molar-refractivity contribution in [1.29, 1.82) is 0 Å². The van der Waals surface area contributed by atoms with Crippen LogP contribution in [0.5, 0.6) is 0 Å². The van der Waals surface area contributed by atoms with Gasteiger partial charge < -0.3 is 10.6 Å². The summed E-state index contributed by atoms with van der Waals surface area (Å²) in [6.45, 7) is 1.76. The Hall–Kier alpha value is -1.66. The van der Waals surface area contributed by atoms with Gasteiger partial charge in [-0.15, -0.1) is 0 Å². The maximum absolute atomic E-state index is 13.6. The van der Waals surface area contributed by atoms with E-state index in [9.17, 15) is 9.18 Å². The molecule has 0 saturated carbocycles. The molecule has 2 N–H and O–H groups in total. The monoisotopic (exact) mass is 371 g/mol. The molecule has 1 aromatic heterocycles. The minimum absolute atomic E-state index is 0.0752. The van der Waals surface area contributed by atoms with Gasteiger partial charge in [0, 0.05) is 12.7 Å². The van der Waals surface area contributed by atoms with Crippen LogP contribution < -0.4 is 10.6 Å². The number of aryl methyl sites for hydroxylation is 1. The average Bonchev–Trinajstić information content (AvgIpc) is 2.45. The average molecular weight is 373 g/mol. The van der Waals surface area contributed by atoms with Gasteiger partial charge in [0.25, 0.3) is 5.91 Å². The number of carbonyl (C=O) groups excluding carboxylic acids is 1. The topological polar surface area (TPSA) is 54.0 Å². The number of halogens is 3. The van der Waals surface area contributed by atoms with Crippen LogP contribution in [0.2, 0.25) is 5.02 Å². The summed E-state index contributed by atoms with van der Waals surface area (Å²) in [6, 6.07) is 6.06. The van der Waals surface area contributed by atoms with Crippen LogP contribution in [0.3, 0.4) is 0 Å². The standard InChI is InChI=1S/C14H12BrClFN3O/c1-7-5-8(15)10(17)6-11(7)19-14(21)13-9(16)3-4-12(18-2)20-13/h3-6H,1-2H3,(H,18,20)(H,19,21). The van der Waals surface area contributed by atoms with Crippen molar-refractivity contribution >= 4 is 44.9 Å². The summed E-state index contributed by atoms with van der Waals surface area (Å²) >= 11 is 9.07. The normalized spacial score (nSPS) is 10.3. The van der Waals surface area contributed by atoms with Crippen LogP contribution in [-0.4, -0.2) is 17.9 Å². The Kier molecular flexibility index (Phi) is 4.80.